The third-order valence-corrected chi connectivity index (χ3v) is 15.5. The highest BCUT2D eigenvalue weighted by Crippen LogP contribution is 2.49. The summed E-state index contributed by atoms with van der Waals surface area (Å²) in [6, 6.07) is 2.09. The average molecular weight is 1010 g/mol. The van der Waals surface area contributed by atoms with Crippen LogP contribution in [0.4, 0.5) is 0 Å². The second-order valence-electron chi connectivity index (χ2n) is 21.8. The van der Waals surface area contributed by atoms with Gasteiger partial charge in [0.1, 0.15) is 34.2 Å². The molecule has 0 aromatic heterocycles. The number of phenols is 2. The molecule has 0 fully saturated rings. The highest BCUT2D eigenvalue weighted by Gasteiger charge is 2.49. The summed E-state index contributed by atoms with van der Waals surface area (Å²) >= 11 is 0. The number of hydrogen-bond acceptors (Lipinski definition) is 12. The Morgan fingerprint density at radius 3 is 1.60 bits per heavy atom. The highest BCUT2D eigenvalue weighted by molar-refractivity contribution is 6.01. The van der Waals surface area contributed by atoms with Crippen molar-refractivity contribution in [2.45, 2.75) is 196 Å². The van der Waals surface area contributed by atoms with Gasteiger partial charge in [-0.25, -0.2) is 0 Å². The van der Waals surface area contributed by atoms with Crippen molar-refractivity contribution in [3.63, 3.8) is 0 Å². The number of phenolic OH excluding ortho intramolecular Hbond substituents is 2. The topological polar surface area (TPSA) is 193 Å². The molecule has 4 N–H and O–H groups in total. The predicted molar refractivity (Wildman–Crippen MR) is 281 cm³/mol. The van der Waals surface area contributed by atoms with Crippen molar-refractivity contribution in [3.8, 4) is 23.0 Å². The number of aromatic hydroxyl groups is 2. The van der Waals surface area contributed by atoms with E-state index in [1.165, 1.54) is 34.4 Å². The summed E-state index contributed by atoms with van der Waals surface area (Å²) in [6.07, 6.45) is 13.9. The van der Waals surface area contributed by atoms with E-state index in [1.807, 2.05) is 13.8 Å². The van der Waals surface area contributed by atoms with Crippen molar-refractivity contribution in [2.75, 3.05) is 19.8 Å². The first-order chi connectivity index (χ1) is 34.5. The van der Waals surface area contributed by atoms with Gasteiger partial charge in [-0.1, -0.05) is 53.5 Å². The third-order valence-electron chi connectivity index (χ3n) is 15.5. The Hall–Kier alpha value is -5.60. The number of carbonyl (C=O) groups is 4. The number of hydrogen-bond donors (Lipinski definition) is 4. The molecule has 6 rings (SSSR count). The quantitative estimate of drug-likeness (QED) is 0.0469. The number of carbonyl (C=O) groups excluding carboxylic acids is 4. The molecule has 2 aromatic rings. The van der Waals surface area contributed by atoms with Gasteiger partial charge in [0.2, 0.25) is 0 Å². The van der Waals surface area contributed by atoms with Gasteiger partial charge in [0, 0.05) is 53.6 Å². The number of aliphatic hydroxyl groups is 2. The summed E-state index contributed by atoms with van der Waals surface area (Å²) in [4.78, 5) is 59.5. The van der Waals surface area contributed by atoms with E-state index in [2.05, 4.69) is 65.8 Å². The molecule has 14 nitrogen and oxygen atoms in total. The van der Waals surface area contributed by atoms with Gasteiger partial charge in [0.05, 0.1) is 49.6 Å². The lowest BCUT2D eigenvalue weighted by molar-refractivity contribution is -0.165. The van der Waals surface area contributed by atoms with Gasteiger partial charge >= 0.3 is 11.9 Å². The van der Waals surface area contributed by atoms with E-state index in [0.717, 1.165) is 25.7 Å². The van der Waals surface area contributed by atoms with Gasteiger partial charge in [-0.15, -0.1) is 0 Å². The van der Waals surface area contributed by atoms with E-state index in [4.69, 9.17) is 18.9 Å². The second kappa shape index (κ2) is 24.2. The van der Waals surface area contributed by atoms with Crippen LogP contribution in [-0.4, -0.2) is 103 Å². The van der Waals surface area contributed by atoms with Crippen molar-refractivity contribution in [3.05, 3.63) is 92.1 Å². The maximum atomic E-state index is 14.8. The maximum Gasteiger partial charge on any atom is 0.320 e. The van der Waals surface area contributed by atoms with Crippen molar-refractivity contribution < 1.29 is 58.6 Å². The Balaban J connectivity index is 1.24. The van der Waals surface area contributed by atoms with E-state index in [9.17, 15) is 39.6 Å². The first-order valence-corrected chi connectivity index (χ1v) is 26.5. The van der Waals surface area contributed by atoms with Gasteiger partial charge in [0.15, 0.2) is 5.92 Å². The van der Waals surface area contributed by atoms with Crippen LogP contribution in [0.2, 0.25) is 0 Å². The third kappa shape index (κ3) is 12.8. The van der Waals surface area contributed by atoms with Gasteiger partial charge in [-0.3, -0.25) is 19.2 Å². The number of amides is 2. The summed E-state index contributed by atoms with van der Waals surface area (Å²) in [5, 5.41) is 45.5. The molecule has 73 heavy (non-hydrogen) atoms. The minimum absolute atomic E-state index is 0.0190. The van der Waals surface area contributed by atoms with E-state index in [-0.39, 0.29) is 75.1 Å². The molecule has 400 valence electrons. The molecule has 2 unspecified atom stereocenters. The zero-order valence-corrected chi connectivity index (χ0v) is 45.3. The van der Waals surface area contributed by atoms with Gasteiger partial charge in [-0.2, -0.15) is 0 Å². The Labute approximate surface area is 433 Å². The average Bonchev–Trinajstić information content (AvgIpc) is 3.80. The largest absolute Gasteiger partial charge is 0.508 e. The van der Waals surface area contributed by atoms with E-state index < -0.39 is 59.1 Å². The van der Waals surface area contributed by atoms with Crippen LogP contribution in [0.15, 0.2) is 58.7 Å². The number of nitrogens with zero attached hydrogens (tertiary/aromatic N) is 2. The van der Waals surface area contributed by atoms with Crippen LogP contribution in [0.25, 0.3) is 0 Å². The summed E-state index contributed by atoms with van der Waals surface area (Å²) in [5.41, 5.74) is 5.63. The lowest BCUT2D eigenvalue weighted by atomic mass is 9.84. The molecular formula is C59H82N2O12. The molecule has 4 heterocycles. The fraction of sp³-hybridized carbons (Fsp3) is 0.593. The maximum absolute atomic E-state index is 14.8. The molecule has 2 amide bonds. The smallest absolute Gasteiger partial charge is 0.320 e. The zero-order valence-electron chi connectivity index (χ0n) is 45.3. The number of esters is 2. The molecule has 0 bridgehead atoms. The van der Waals surface area contributed by atoms with Crippen LogP contribution in [-0.2, 0) is 45.0 Å². The normalized spacial score (nSPS) is 22.2. The summed E-state index contributed by atoms with van der Waals surface area (Å²) in [5.74, 6) is -4.00. The lowest BCUT2D eigenvalue weighted by Crippen LogP contribution is -2.49. The Morgan fingerprint density at radius 1 is 0.699 bits per heavy atom. The van der Waals surface area contributed by atoms with E-state index >= 15 is 0 Å². The first kappa shape index (κ1) is 56.7. The van der Waals surface area contributed by atoms with Gasteiger partial charge in [0.25, 0.3) is 11.8 Å². The first-order valence-electron chi connectivity index (χ1n) is 26.5. The monoisotopic (exact) mass is 1010 g/mol. The van der Waals surface area contributed by atoms with E-state index in [1.54, 1.807) is 30.6 Å². The number of allylic oxidation sites excluding steroid dienone is 8. The molecule has 0 spiro atoms. The molecule has 4 aliphatic heterocycles. The standard InChI is InChI=1S/C59H82N2O12/c1-12-70-56(68)51(57(69)71-13-2)39(9)46(61-34-45-41(55(61)67)30-48(63)43-32-50(65)59(11,73-53(43)45)27-17-24-38(8)22-15-20-36(5)6)25-18-28-60-33-44-40(54(60)66)29-47(62)42-31-49(64)58(10,72-52(42)44)26-16-23-37(7)21-14-19-35(3)4/h19-20,23-24,29-30,39,46,49-51,62-65H,12-18,21-22,25-28,31-34H2,1-11H3/b37-23+,38-24+/t39?,46?,49-,50-,58+,59+/m0/s1. The SMILES string of the molecule is CCOC(=O)C(C(=O)OCC)C(C)C(CCCN1Cc2c(cc(O)c3c2O[C@](C)(CC/C=C(\C)CCC=C(C)C)[C@@H](O)C3)C1=O)N1Cc2c(cc(O)c3c2O[C@](C)(CC/C=C(\C)CCC=C(C)C)[C@@H](O)C3)C1=O. The van der Waals surface area contributed by atoms with Crippen LogP contribution < -0.4 is 9.47 Å². The molecule has 0 radical (unpaired) electrons. The number of benzene rings is 2. The predicted octanol–water partition coefficient (Wildman–Crippen LogP) is 10.3. The van der Waals surface area contributed by atoms with Crippen molar-refractivity contribution in [1.82, 2.24) is 9.80 Å². The fourth-order valence-electron chi connectivity index (χ4n) is 10.9. The van der Waals surface area contributed by atoms with E-state index in [0.29, 0.717) is 71.4 Å². The molecule has 0 saturated heterocycles. The lowest BCUT2D eigenvalue weighted by Gasteiger charge is -2.41. The van der Waals surface area contributed by atoms with Crippen molar-refractivity contribution >= 4 is 23.8 Å². The number of ether oxygens (including phenoxy) is 4. The highest BCUT2D eigenvalue weighted by atomic mass is 16.6. The Bertz CT molecular complexity index is 2500. The summed E-state index contributed by atoms with van der Waals surface area (Å²) in [6.45, 7) is 21.8. The van der Waals surface area contributed by atoms with Gasteiger partial charge < -0.3 is 49.2 Å². The second-order valence-corrected chi connectivity index (χ2v) is 21.8. The van der Waals surface area contributed by atoms with Crippen molar-refractivity contribution in [2.24, 2.45) is 11.8 Å². The molecule has 0 saturated carbocycles. The molecule has 4 aliphatic rings. The van der Waals surface area contributed by atoms with Crippen LogP contribution in [0, 0.1) is 11.8 Å². The molecular weight excluding hydrogens is 929 g/mol. The molecule has 14 heteroatoms. The van der Waals surface area contributed by atoms with Crippen LogP contribution in [0.5, 0.6) is 23.0 Å². The van der Waals surface area contributed by atoms with Crippen LogP contribution in [0.1, 0.15) is 183 Å². The minimum atomic E-state index is -1.38. The summed E-state index contributed by atoms with van der Waals surface area (Å²) in [7, 11) is 0. The van der Waals surface area contributed by atoms with Crippen molar-refractivity contribution in [1.29, 1.82) is 0 Å². The fourth-order valence-corrected chi connectivity index (χ4v) is 10.9. The number of rotatable bonds is 23. The molecule has 0 aliphatic carbocycles. The van der Waals surface area contributed by atoms with Crippen LogP contribution >= 0.6 is 0 Å². The van der Waals surface area contributed by atoms with Gasteiger partial charge in [-0.05, 0) is 146 Å². The van der Waals surface area contributed by atoms with Crippen LogP contribution in [0.3, 0.4) is 0 Å². The summed E-state index contributed by atoms with van der Waals surface area (Å²) < 4.78 is 24.2. The molecule has 6 atom stereocenters. The zero-order chi connectivity index (χ0) is 53.5. The minimum Gasteiger partial charge on any atom is -0.508 e. The number of fused-ring (bicyclic) bond motifs is 6. The Kier molecular flexibility index (Phi) is 18.8. The molecule has 2 aromatic carbocycles. The number of aliphatic hydroxyl groups excluding tert-OH is 2. The Morgan fingerprint density at radius 2 is 1.15 bits per heavy atom.